The van der Waals surface area contributed by atoms with Gasteiger partial charge in [-0.1, -0.05) is 0 Å². The third kappa shape index (κ3) is 4.18. The molecule has 1 saturated heterocycles. The molecule has 1 N–H and O–H groups in total. The number of carbonyl (C=O) groups excluding carboxylic acids is 1. The van der Waals surface area contributed by atoms with Crippen molar-refractivity contribution < 1.29 is 13.2 Å². The summed E-state index contributed by atoms with van der Waals surface area (Å²) in [5, 5.41) is 11.4. The van der Waals surface area contributed by atoms with Gasteiger partial charge in [0.15, 0.2) is 11.5 Å². The highest BCUT2D eigenvalue weighted by Crippen LogP contribution is 2.24. The number of pyridine rings is 2. The van der Waals surface area contributed by atoms with Crippen LogP contribution in [0.3, 0.4) is 0 Å². The van der Waals surface area contributed by atoms with Crippen LogP contribution < -0.4 is 5.32 Å². The first-order valence-corrected chi connectivity index (χ1v) is 11.3. The normalized spacial score (nSPS) is 18.5. The second kappa shape index (κ2) is 8.09. The van der Waals surface area contributed by atoms with E-state index in [2.05, 4.69) is 20.5 Å². The van der Waals surface area contributed by atoms with Crippen molar-refractivity contribution in [1.29, 1.82) is 0 Å². The quantitative estimate of drug-likeness (QED) is 0.621. The first-order chi connectivity index (χ1) is 14.3. The zero-order valence-corrected chi connectivity index (χ0v) is 17.6. The number of amides is 1. The minimum atomic E-state index is -3.30. The van der Waals surface area contributed by atoms with E-state index in [1.54, 1.807) is 35.1 Å². The SMILES string of the molecule is CN1CCN(S(C)(=O)=O)CC1c1nnc2ccc(C(=O)NCc3ccncc3)cn12. The van der Waals surface area contributed by atoms with Crippen LogP contribution in [0.1, 0.15) is 27.8 Å². The zero-order chi connectivity index (χ0) is 21.3. The first kappa shape index (κ1) is 20.4. The monoisotopic (exact) mass is 429 g/mol. The van der Waals surface area contributed by atoms with Gasteiger partial charge in [0, 0.05) is 44.8 Å². The molecule has 1 unspecified atom stereocenters. The van der Waals surface area contributed by atoms with E-state index < -0.39 is 10.0 Å². The van der Waals surface area contributed by atoms with Gasteiger partial charge in [0.25, 0.3) is 5.91 Å². The van der Waals surface area contributed by atoms with Gasteiger partial charge in [0.1, 0.15) is 0 Å². The summed E-state index contributed by atoms with van der Waals surface area (Å²) in [6, 6.07) is 6.85. The van der Waals surface area contributed by atoms with Gasteiger partial charge in [0.2, 0.25) is 10.0 Å². The molecule has 4 rings (SSSR count). The van der Waals surface area contributed by atoms with E-state index in [4.69, 9.17) is 0 Å². The molecule has 10 nitrogen and oxygen atoms in total. The molecule has 1 amide bonds. The average Bonchev–Trinajstić information content (AvgIpc) is 3.15. The van der Waals surface area contributed by atoms with E-state index in [1.165, 1.54) is 10.6 Å². The molecule has 0 aliphatic carbocycles. The topological polar surface area (TPSA) is 113 Å². The Morgan fingerprint density at radius 2 is 1.93 bits per heavy atom. The van der Waals surface area contributed by atoms with Gasteiger partial charge in [-0.15, -0.1) is 10.2 Å². The summed E-state index contributed by atoms with van der Waals surface area (Å²) >= 11 is 0. The maximum Gasteiger partial charge on any atom is 0.253 e. The number of piperazine rings is 1. The van der Waals surface area contributed by atoms with Crippen LogP contribution in [0.5, 0.6) is 0 Å². The van der Waals surface area contributed by atoms with Crippen molar-refractivity contribution in [2.75, 3.05) is 32.9 Å². The summed E-state index contributed by atoms with van der Waals surface area (Å²) in [4.78, 5) is 18.7. The summed E-state index contributed by atoms with van der Waals surface area (Å²) < 4.78 is 27.2. The summed E-state index contributed by atoms with van der Waals surface area (Å²) in [7, 11) is -1.37. The molecule has 1 aliphatic heterocycles. The molecule has 0 bridgehead atoms. The van der Waals surface area contributed by atoms with Crippen molar-refractivity contribution in [3.8, 4) is 0 Å². The molecule has 4 heterocycles. The van der Waals surface area contributed by atoms with Crippen LogP contribution in [-0.4, -0.2) is 76.0 Å². The number of carbonyl (C=O) groups is 1. The number of rotatable bonds is 5. The summed E-state index contributed by atoms with van der Waals surface area (Å²) in [5.41, 5.74) is 2.02. The van der Waals surface area contributed by atoms with Crippen LogP contribution in [0.25, 0.3) is 5.65 Å². The smallest absolute Gasteiger partial charge is 0.253 e. The number of nitrogens with one attached hydrogen (secondary N) is 1. The van der Waals surface area contributed by atoms with Crippen molar-refractivity contribution in [3.63, 3.8) is 0 Å². The highest BCUT2D eigenvalue weighted by molar-refractivity contribution is 7.88. The minimum absolute atomic E-state index is 0.219. The van der Waals surface area contributed by atoms with E-state index >= 15 is 0 Å². The third-order valence-corrected chi connectivity index (χ3v) is 6.54. The summed E-state index contributed by atoms with van der Waals surface area (Å²) in [6.45, 7) is 1.70. The van der Waals surface area contributed by atoms with Crippen molar-refractivity contribution in [3.05, 3.63) is 59.8 Å². The Balaban J connectivity index is 1.59. The number of nitrogens with zero attached hydrogens (tertiary/aromatic N) is 6. The molecular weight excluding hydrogens is 406 g/mol. The molecule has 0 radical (unpaired) electrons. The lowest BCUT2D eigenvalue weighted by Crippen LogP contribution is -2.49. The van der Waals surface area contributed by atoms with Crippen molar-refractivity contribution in [2.45, 2.75) is 12.6 Å². The Bertz CT molecular complexity index is 1160. The lowest BCUT2D eigenvalue weighted by molar-refractivity contribution is 0.0950. The second-order valence-electron chi connectivity index (χ2n) is 7.36. The van der Waals surface area contributed by atoms with Gasteiger partial charge in [-0.3, -0.25) is 19.1 Å². The Morgan fingerprint density at radius 3 is 2.67 bits per heavy atom. The highest BCUT2D eigenvalue weighted by atomic mass is 32.2. The molecule has 1 fully saturated rings. The Kier molecular flexibility index (Phi) is 5.50. The number of aromatic nitrogens is 4. The molecule has 11 heteroatoms. The van der Waals surface area contributed by atoms with E-state index in [9.17, 15) is 13.2 Å². The molecule has 1 aliphatic rings. The number of fused-ring (bicyclic) bond motifs is 1. The molecule has 0 aromatic carbocycles. The average molecular weight is 430 g/mol. The van der Waals surface area contributed by atoms with Crippen LogP contribution in [0.15, 0.2) is 42.9 Å². The maximum absolute atomic E-state index is 12.6. The molecule has 0 saturated carbocycles. The molecule has 3 aromatic rings. The van der Waals surface area contributed by atoms with Crippen LogP contribution in [0, 0.1) is 0 Å². The predicted octanol–water partition coefficient (Wildman–Crippen LogP) is 0.302. The lowest BCUT2D eigenvalue weighted by Gasteiger charge is -2.37. The molecule has 3 aromatic heterocycles. The fraction of sp³-hybridized carbons (Fsp3) is 0.368. The Hall–Kier alpha value is -2.89. The van der Waals surface area contributed by atoms with Crippen LogP contribution in [0.4, 0.5) is 0 Å². The minimum Gasteiger partial charge on any atom is -0.348 e. The van der Waals surface area contributed by atoms with Gasteiger partial charge in [-0.25, -0.2) is 8.42 Å². The Labute approximate surface area is 174 Å². The lowest BCUT2D eigenvalue weighted by atomic mass is 10.2. The second-order valence-corrected chi connectivity index (χ2v) is 9.34. The number of likely N-dealkylation sites (N-methyl/N-ethyl adjacent to an activating group) is 1. The van der Waals surface area contributed by atoms with Gasteiger partial charge < -0.3 is 5.32 Å². The fourth-order valence-corrected chi connectivity index (χ4v) is 4.31. The number of hydrogen-bond acceptors (Lipinski definition) is 7. The first-order valence-electron chi connectivity index (χ1n) is 9.50. The Morgan fingerprint density at radius 1 is 1.17 bits per heavy atom. The van der Waals surface area contributed by atoms with E-state index in [-0.39, 0.29) is 18.5 Å². The van der Waals surface area contributed by atoms with Crippen molar-refractivity contribution in [2.24, 2.45) is 0 Å². The zero-order valence-electron chi connectivity index (χ0n) is 16.8. The van der Waals surface area contributed by atoms with Gasteiger partial charge in [0.05, 0.1) is 17.9 Å². The van der Waals surface area contributed by atoms with Gasteiger partial charge >= 0.3 is 0 Å². The summed E-state index contributed by atoms with van der Waals surface area (Å²) in [6.07, 6.45) is 6.26. The molecule has 0 spiro atoms. The molecule has 30 heavy (non-hydrogen) atoms. The largest absolute Gasteiger partial charge is 0.348 e. The summed E-state index contributed by atoms with van der Waals surface area (Å²) in [5.74, 6) is 0.382. The van der Waals surface area contributed by atoms with E-state index in [0.29, 0.717) is 36.7 Å². The fourth-order valence-electron chi connectivity index (χ4n) is 3.48. The van der Waals surface area contributed by atoms with Crippen molar-refractivity contribution in [1.82, 2.24) is 34.1 Å². The van der Waals surface area contributed by atoms with E-state index in [1.807, 2.05) is 24.1 Å². The van der Waals surface area contributed by atoms with E-state index in [0.717, 1.165) is 5.56 Å². The van der Waals surface area contributed by atoms with Gasteiger partial charge in [-0.05, 0) is 36.9 Å². The number of hydrogen-bond donors (Lipinski definition) is 1. The van der Waals surface area contributed by atoms with Crippen LogP contribution in [-0.2, 0) is 16.6 Å². The molecule has 1 atom stereocenters. The molecule has 158 valence electrons. The maximum atomic E-state index is 12.6. The third-order valence-electron chi connectivity index (χ3n) is 5.27. The standard InChI is InChI=1S/C19H23N7O3S/c1-24-9-10-25(30(2,28)29)13-16(24)18-23-22-17-4-3-15(12-26(17)18)19(27)21-11-14-5-7-20-8-6-14/h3-8,12,16H,9-11,13H2,1-2H3,(H,21,27). The molecular formula is C19H23N7O3S. The highest BCUT2D eigenvalue weighted by Gasteiger charge is 2.33. The number of sulfonamides is 1. The predicted molar refractivity (Wildman–Crippen MR) is 110 cm³/mol. The van der Waals surface area contributed by atoms with Gasteiger partial charge in [-0.2, -0.15) is 4.31 Å². The van der Waals surface area contributed by atoms with Crippen LogP contribution >= 0.6 is 0 Å². The van der Waals surface area contributed by atoms with Crippen LogP contribution in [0.2, 0.25) is 0 Å². The van der Waals surface area contributed by atoms with Crippen molar-refractivity contribution >= 4 is 21.6 Å².